The number of piperidine rings is 1. The molecular weight excluding hydrogens is 500 g/mol. The van der Waals surface area contributed by atoms with E-state index >= 15 is 0 Å². The lowest BCUT2D eigenvalue weighted by molar-refractivity contribution is -0.146. The van der Waals surface area contributed by atoms with E-state index in [9.17, 15) is 9.59 Å². The Labute approximate surface area is 230 Å². The molecule has 2 heterocycles. The minimum absolute atomic E-state index is 0.0328. The molecule has 0 bridgehead atoms. The van der Waals surface area contributed by atoms with E-state index in [1.807, 2.05) is 47.4 Å². The molecule has 3 aromatic rings. The molecule has 7 nitrogen and oxygen atoms in total. The number of amides is 2. The van der Waals surface area contributed by atoms with Gasteiger partial charge in [0.05, 0.1) is 0 Å². The molecule has 0 saturated carbocycles. The number of aromatic nitrogens is 2. The highest BCUT2D eigenvalue weighted by atomic mass is 35.5. The number of carbonyl (C=O) groups is 2. The summed E-state index contributed by atoms with van der Waals surface area (Å²) in [5, 5.41) is 4.80. The van der Waals surface area contributed by atoms with Gasteiger partial charge in [-0.15, -0.1) is 0 Å². The van der Waals surface area contributed by atoms with Crippen LogP contribution in [0.25, 0.3) is 11.4 Å². The van der Waals surface area contributed by atoms with Crippen LogP contribution in [0.4, 0.5) is 0 Å². The molecule has 0 unspecified atom stereocenters. The average molecular weight is 537 g/mol. The summed E-state index contributed by atoms with van der Waals surface area (Å²) in [6.07, 6.45) is 6.26. The summed E-state index contributed by atoms with van der Waals surface area (Å²) in [7, 11) is 0. The van der Waals surface area contributed by atoms with Gasteiger partial charge in [0.2, 0.25) is 23.5 Å². The van der Waals surface area contributed by atoms with Gasteiger partial charge < -0.3 is 14.3 Å². The summed E-state index contributed by atoms with van der Waals surface area (Å²) in [4.78, 5) is 35.6. The Balaban J connectivity index is 1.53. The van der Waals surface area contributed by atoms with Gasteiger partial charge in [-0.3, -0.25) is 9.59 Å². The fourth-order valence-corrected chi connectivity index (χ4v) is 5.18. The quantitative estimate of drug-likeness (QED) is 0.273. The Morgan fingerprint density at radius 1 is 1.11 bits per heavy atom. The maximum atomic E-state index is 13.8. The number of hydrogen-bond acceptors (Lipinski definition) is 5. The summed E-state index contributed by atoms with van der Waals surface area (Å²) in [5.74, 6) is 0.780. The van der Waals surface area contributed by atoms with E-state index in [1.165, 1.54) is 0 Å². The molecule has 1 fully saturated rings. The predicted octanol–water partition coefficient (Wildman–Crippen LogP) is 6.69. The lowest BCUT2D eigenvalue weighted by Crippen LogP contribution is -2.47. The fraction of sp³-hybridized carbons (Fsp3) is 0.467. The largest absolute Gasteiger partial charge is 0.337 e. The highest BCUT2D eigenvalue weighted by Crippen LogP contribution is 2.32. The van der Waals surface area contributed by atoms with Gasteiger partial charge in [0.15, 0.2) is 0 Å². The predicted molar refractivity (Wildman–Crippen MR) is 148 cm³/mol. The normalized spacial score (nSPS) is 16.3. The van der Waals surface area contributed by atoms with Crippen LogP contribution < -0.4 is 0 Å². The number of carbonyl (C=O) groups excluding carboxylic acids is 2. The first-order valence-electron chi connectivity index (χ1n) is 13.7. The number of hydrogen-bond donors (Lipinski definition) is 0. The Morgan fingerprint density at radius 3 is 2.58 bits per heavy atom. The Hall–Kier alpha value is -3.19. The first-order chi connectivity index (χ1) is 18.5. The zero-order valence-electron chi connectivity index (χ0n) is 22.3. The second kappa shape index (κ2) is 13.6. The van der Waals surface area contributed by atoms with Crippen LogP contribution in [0.3, 0.4) is 0 Å². The van der Waals surface area contributed by atoms with Crippen molar-refractivity contribution in [3.8, 4) is 11.4 Å². The number of halogens is 1. The van der Waals surface area contributed by atoms with Gasteiger partial charge in [0.25, 0.3) is 0 Å². The molecule has 4 rings (SSSR count). The van der Waals surface area contributed by atoms with Gasteiger partial charge in [-0.1, -0.05) is 73.8 Å². The van der Waals surface area contributed by atoms with Crippen molar-refractivity contribution in [2.75, 3.05) is 13.1 Å². The highest BCUT2D eigenvalue weighted by molar-refractivity contribution is 6.30. The standard InChI is InChI=1S/C30H37ClN4O3/c1-3-5-13-23(4-2)30(37)34(20-22-11-7-6-8-12-22)21-27(36)35-19-10-9-14-26(35)29-32-28(33-38-29)24-15-17-25(31)18-16-24/h6-8,11-12,15-18,23,26H,3-5,9-10,13-14,19-21H2,1-2H3/t23-,26-/m0/s1. The van der Waals surface area contributed by atoms with Crippen LogP contribution in [0.1, 0.15) is 76.3 Å². The minimum Gasteiger partial charge on any atom is -0.337 e. The van der Waals surface area contributed by atoms with Crippen LogP contribution in [-0.4, -0.2) is 44.8 Å². The summed E-state index contributed by atoms with van der Waals surface area (Å²) in [6, 6.07) is 16.8. The van der Waals surface area contributed by atoms with Gasteiger partial charge in [0, 0.05) is 29.6 Å². The molecule has 1 aromatic heterocycles. The summed E-state index contributed by atoms with van der Waals surface area (Å²) in [6.45, 7) is 5.23. The van der Waals surface area contributed by atoms with E-state index in [4.69, 9.17) is 16.1 Å². The molecule has 38 heavy (non-hydrogen) atoms. The maximum Gasteiger partial charge on any atom is 0.249 e. The smallest absolute Gasteiger partial charge is 0.249 e. The molecule has 0 radical (unpaired) electrons. The van der Waals surface area contributed by atoms with E-state index in [0.717, 1.165) is 56.1 Å². The molecule has 1 saturated heterocycles. The molecule has 2 atom stereocenters. The first-order valence-corrected chi connectivity index (χ1v) is 14.1. The number of benzene rings is 2. The molecular formula is C30H37ClN4O3. The van der Waals surface area contributed by atoms with Gasteiger partial charge in [0.1, 0.15) is 12.6 Å². The maximum absolute atomic E-state index is 13.8. The van der Waals surface area contributed by atoms with Crippen LogP contribution in [-0.2, 0) is 16.1 Å². The molecule has 0 spiro atoms. The average Bonchev–Trinajstić information content (AvgIpc) is 3.44. The summed E-state index contributed by atoms with van der Waals surface area (Å²) >= 11 is 6.01. The molecule has 202 valence electrons. The molecule has 0 N–H and O–H groups in total. The monoisotopic (exact) mass is 536 g/mol. The van der Waals surface area contributed by atoms with Crippen molar-refractivity contribution >= 4 is 23.4 Å². The van der Waals surface area contributed by atoms with Crippen molar-refractivity contribution in [2.24, 2.45) is 5.92 Å². The Bertz CT molecular complexity index is 1180. The van der Waals surface area contributed by atoms with Gasteiger partial charge in [-0.05, 0) is 61.9 Å². The van der Waals surface area contributed by atoms with Crippen LogP contribution in [0, 0.1) is 5.92 Å². The third-order valence-corrected chi connectivity index (χ3v) is 7.51. The van der Waals surface area contributed by atoms with Crippen LogP contribution >= 0.6 is 11.6 Å². The fourth-order valence-electron chi connectivity index (χ4n) is 5.05. The second-order valence-electron chi connectivity index (χ2n) is 9.99. The summed E-state index contributed by atoms with van der Waals surface area (Å²) < 4.78 is 5.65. The number of unbranched alkanes of at least 4 members (excludes halogenated alkanes) is 1. The van der Waals surface area contributed by atoms with Crippen molar-refractivity contribution in [3.05, 3.63) is 71.1 Å². The molecule has 2 amide bonds. The molecule has 1 aliphatic rings. The van der Waals surface area contributed by atoms with Crippen molar-refractivity contribution in [1.82, 2.24) is 19.9 Å². The van der Waals surface area contributed by atoms with E-state index in [2.05, 4.69) is 24.0 Å². The molecule has 1 aliphatic heterocycles. The zero-order chi connectivity index (χ0) is 26.9. The molecule has 8 heteroatoms. The lowest BCUT2D eigenvalue weighted by atomic mass is 9.97. The van der Waals surface area contributed by atoms with Crippen molar-refractivity contribution in [1.29, 1.82) is 0 Å². The van der Waals surface area contributed by atoms with Gasteiger partial charge in [-0.25, -0.2) is 0 Å². The van der Waals surface area contributed by atoms with Crippen molar-refractivity contribution < 1.29 is 14.1 Å². The van der Waals surface area contributed by atoms with Crippen LogP contribution in [0.15, 0.2) is 59.1 Å². The topological polar surface area (TPSA) is 79.5 Å². The third-order valence-electron chi connectivity index (χ3n) is 7.25. The SMILES string of the molecule is CCCC[C@H](CC)C(=O)N(CC(=O)N1CCCC[C@H]1c1nc(-c2ccc(Cl)cc2)no1)Cc1ccccc1. The van der Waals surface area contributed by atoms with Gasteiger partial charge in [-0.2, -0.15) is 4.98 Å². The highest BCUT2D eigenvalue weighted by Gasteiger charge is 2.34. The lowest BCUT2D eigenvalue weighted by Gasteiger charge is -2.35. The van der Waals surface area contributed by atoms with E-state index in [1.54, 1.807) is 17.0 Å². The first kappa shape index (κ1) is 27.8. The van der Waals surface area contributed by atoms with E-state index < -0.39 is 0 Å². The zero-order valence-corrected chi connectivity index (χ0v) is 23.1. The number of rotatable bonds is 11. The van der Waals surface area contributed by atoms with Crippen LogP contribution in [0.5, 0.6) is 0 Å². The minimum atomic E-state index is -0.305. The van der Waals surface area contributed by atoms with Crippen molar-refractivity contribution in [2.45, 2.75) is 71.4 Å². The van der Waals surface area contributed by atoms with Crippen LogP contribution in [0.2, 0.25) is 5.02 Å². The Kier molecular flexibility index (Phi) is 9.93. The Morgan fingerprint density at radius 2 is 1.87 bits per heavy atom. The summed E-state index contributed by atoms with van der Waals surface area (Å²) in [5.41, 5.74) is 1.81. The van der Waals surface area contributed by atoms with Gasteiger partial charge >= 0.3 is 0 Å². The van der Waals surface area contributed by atoms with E-state index in [-0.39, 0.29) is 30.3 Å². The second-order valence-corrected chi connectivity index (χ2v) is 10.4. The number of nitrogens with zero attached hydrogens (tertiary/aromatic N) is 4. The van der Waals surface area contributed by atoms with E-state index in [0.29, 0.717) is 29.8 Å². The van der Waals surface area contributed by atoms with Crippen molar-refractivity contribution in [3.63, 3.8) is 0 Å². The third kappa shape index (κ3) is 7.01. The molecule has 2 aromatic carbocycles. The number of likely N-dealkylation sites (tertiary alicyclic amines) is 1. The molecule has 0 aliphatic carbocycles.